The summed E-state index contributed by atoms with van der Waals surface area (Å²) < 4.78 is 0. The molecule has 0 aromatic rings. The fourth-order valence-electron chi connectivity index (χ4n) is 0. The molecule has 3 nitrogen and oxygen atoms in total. The number of rotatable bonds is 1. The zero-order valence-electron chi connectivity index (χ0n) is 3.11. The van der Waals surface area contributed by atoms with Gasteiger partial charge < -0.3 is 23.2 Å². The monoisotopic (exact) mass is 109 g/mol. The second kappa shape index (κ2) is 4.72. The molecule has 0 saturated heterocycles. The highest BCUT2D eigenvalue weighted by Gasteiger charge is 1.72. The van der Waals surface area contributed by atoms with Gasteiger partial charge in [0.2, 0.25) is 0 Å². The summed E-state index contributed by atoms with van der Waals surface area (Å²) in [4.78, 5) is 0. The van der Waals surface area contributed by atoms with E-state index in [1.165, 1.54) is 0 Å². The van der Waals surface area contributed by atoms with Crippen molar-refractivity contribution in [3.8, 4) is 0 Å². The van der Waals surface area contributed by atoms with Gasteiger partial charge in [0.05, 0.1) is 6.61 Å². The van der Waals surface area contributed by atoms with E-state index < -0.39 is 0 Å². The zero-order valence-corrected chi connectivity index (χ0v) is 3.87. The highest BCUT2D eigenvalue weighted by Crippen LogP contribution is 1.44. The molecular formula is C2H6ClN2O-. The Balaban J connectivity index is 0. The molecule has 0 aliphatic heterocycles. The van der Waals surface area contributed by atoms with Crippen LogP contribution in [0, 0.1) is 5.41 Å². The third-order valence-corrected chi connectivity index (χ3v) is 0.170. The van der Waals surface area contributed by atoms with E-state index in [1.54, 1.807) is 0 Å². The lowest BCUT2D eigenvalue weighted by molar-refractivity contribution is -0.00000228. The summed E-state index contributed by atoms with van der Waals surface area (Å²) in [6.07, 6.45) is 0. The van der Waals surface area contributed by atoms with Gasteiger partial charge in [-0.15, -0.1) is 0 Å². The van der Waals surface area contributed by atoms with Gasteiger partial charge >= 0.3 is 0 Å². The van der Waals surface area contributed by atoms with Crippen LogP contribution in [0.1, 0.15) is 0 Å². The van der Waals surface area contributed by atoms with E-state index in [4.69, 9.17) is 10.5 Å². The van der Waals surface area contributed by atoms with Crippen LogP contribution in [0.5, 0.6) is 0 Å². The summed E-state index contributed by atoms with van der Waals surface area (Å²) in [7, 11) is 0. The van der Waals surface area contributed by atoms with Crippen molar-refractivity contribution in [3.05, 3.63) is 0 Å². The molecule has 0 fully saturated rings. The highest BCUT2D eigenvalue weighted by molar-refractivity contribution is 5.77. The van der Waals surface area contributed by atoms with Crippen LogP contribution in [0.2, 0.25) is 0 Å². The Morgan fingerprint density at radius 1 is 1.83 bits per heavy atom. The zero-order chi connectivity index (χ0) is 4.28. The van der Waals surface area contributed by atoms with Crippen molar-refractivity contribution < 1.29 is 17.5 Å². The second-order valence-electron chi connectivity index (χ2n) is 0.683. The fraction of sp³-hybridized carbons (Fsp3) is 0.500. The molecule has 0 aliphatic rings. The molecule has 0 atom stereocenters. The fourth-order valence-corrected chi connectivity index (χ4v) is 0. The maximum Gasteiger partial charge on any atom is 0.117 e. The van der Waals surface area contributed by atoms with Gasteiger partial charge in [-0.05, 0) is 0 Å². The molecule has 0 heterocycles. The molecule has 0 bridgehead atoms. The van der Waals surface area contributed by atoms with Crippen molar-refractivity contribution in [2.75, 3.05) is 6.61 Å². The SMILES string of the molecule is N=C(N)CO.[Cl-]. The molecule has 0 rings (SSSR count). The molecule has 0 aliphatic carbocycles. The van der Waals surface area contributed by atoms with Crippen LogP contribution in [0.15, 0.2) is 0 Å². The molecule has 6 heavy (non-hydrogen) atoms. The number of hydrogen-bond acceptors (Lipinski definition) is 2. The smallest absolute Gasteiger partial charge is 0.117 e. The molecule has 38 valence electrons. The molecule has 0 radical (unpaired) electrons. The number of amidine groups is 1. The number of hydrogen-bond donors (Lipinski definition) is 3. The lowest BCUT2D eigenvalue weighted by atomic mass is 10.7. The molecule has 0 aromatic carbocycles. The molecule has 0 aromatic heterocycles. The first-order chi connectivity index (χ1) is 2.27. The first-order valence-electron chi connectivity index (χ1n) is 1.21. The van der Waals surface area contributed by atoms with Crippen LogP contribution in [-0.4, -0.2) is 17.5 Å². The third-order valence-electron chi connectivity index (χ3n) is 0.170. The first-order valence-corrected chi connectivity index (χ1v) is 1.21. The average Bonchev–Trinajstić information content (AvgIpc) is 1.38. The second-order valence-corrected chi connectivity index (χ2v) is 0.683. The lowest BCUT2D eigenvalue weighted by Gasteiger charge is -1.78. The standard InChI is InChI=1S/C2H6N2O.ClH/c3-2(4)1-5;/h5H,1H2,(H3,3,4);1H/p-1. The van der Waals surface area contributed by atoms with E-state index in [0.29, 0.717) is 0 Å². The minimum Gasteiger partial charge on any atom is -1.00 e. The van der Waals surface area contributed by atoms with Crippen LogP contribution in [0.4, 0.5) is 0 Å². The Kier molecular flexibility index (Phi) is 7.24. The number of halogens is 1. The van der Waals surface area contributed by atoms with E-state index in [-0.39, 0.29) is 24.8 Å². The number of aliphatic hydroxyl groups excluding tert-OH is 1. The summed E-state index contributed by atoms with van der Waals surface area (Å²) in [6, 6.07) is 0. The highest BCUT2D eigenvalue weighted by atomic mass is 35.5. The van der Waals surface area contributed by atoms with E-state index in [1.807, 2.05) is 0 Å². The molecule has 4 N–H and O–H groups in total. The third kappa shape index (κ3) is 9.30. The Hall–Kier alpha value is -0.280. The molecule has 4 heteroatoms. The minimum atomic E-state index is -0.333. The van der Waals surface area contributed by atoms with E-state index in [9.17, 15) is 0 Å². The van der Waals surface area contributed by atoms with Crippen LogP contribution in [0.25, 0.3) is 0 Å². The van der Waals surface area contributed by atoms with E-state index >= 15 is 0 Å². The summed E-state index contributed by atoms with van der Waals surface area (Å²) in [5.74, 6) is -0.190. The van der Waals surface area contributed by atoms with Crippen molar-refractivity contribution in [3.63, 3.8) is 0 Å². The van der Waals surface area contributed by atoms with E-state index in [0.717, 1.165) is 0 Å². The quantitative estimate of drug-likeness (QED) is 0.237. The van der Waals surface area contributed by atoms with Crippen LogP contribution in [0.3, 0.4) is 0 Å². The average molecular weight is 110 g/mol. The van der Waals surface area contributed by atoms with Gasteiger partial charge in [-0.3, -0.25) is 5.41 Å². The maximum absolute atomic E-state index is 7.79. The van der Waals surface area contributed by atoms with Crippen molar-refractivity contribution in [2.24, 2.45) is 5.73 Å². The van der Waals surface area contributed by atoms with E-state index in [2.05, 4.69) is 5.73 Å². The Labute approximate surface area is 42.1 Å². The van der Waals surface area contributed by atoms with Crippen LogP contribution < -0.4 is 18.1 Å². The van der Waals surface area contributed by atoms with Crippen LogP contribution >= 0.6 is 0 Å². The molecule has 0 spiro atoms. The van der Waals surface area contributed by atoms with Gasteiger partial charge in [-0.25, -0.2) is 0 Å². The largest absolute Gasteiger partial charge is 1.00 e. The van der Waals surface area contributed by atoms with Crippen molar-refractivity contribution in [1.82, 2.24) is 0 Å². The van der Waals surface area contributed by atoms with Gasteiger partial charge in [0.15, 0.2) is 0 Å². The molecular weight excluding hydrogens is 103 g/mol. The predicted octanol–water partition coefficient (Wildman–Crippen LogP) is -4.08. The van der Waals surface area contributed by atoms with Crippen LogP contribution in [-0.2, 0) is 0 Å². The minimum absolute atomic E-state index is 0. The lowest BCUT2D eigenvalue weighted by Crippen LogP contribution is -3.00. The molecule has 0 saturated carbocycles. The van der Waals surface area contributed by atoms with Crippen molar-refractivity contribution in [1.29, 1.82) is 5.41 Å². The number of nitrogens with one attached hydrogen (secondary N) is 1. The van der Waals surface area contributed by atoms with Gasteiger partial charge in [0.25, 0.3) is 0 Å². The van der Waals surface area contributed by atoms with Gasteiger partial charge in [-0.1, -0.05) is 0 Å². The Morgan fingerprint density at radius 2 is 2.00 bits per heavy atom. The maximum atomic E-state index is 7.79. The van der Waals surface area contributed by atoms with Crippen molar-refractivity contribution in [2.45, 2.75) is 0 Å². The predicted molar refractivity (Wildman–Crippen MR) is 19.0 cm³/mol. The number of aliphatic hydroxyl groups is 1. The first kappa shape index (κ1) is 9.21. The van der Waals surface area contributed by atoms with Gasteiger partial charge in [-0.2, -0.15) is 0 Å². The normalized spacial score (nSPS) is 6.17. The number of nitrogens with two attached hydrogens (primary N) is 1. The summed E-state index contributed by atoms with van der Waals surface area (Å²) in [5, 5.41) is 14.1. The van der Waals surface area contributed by atoms with Crippen molar-refractivity contribution >= 4 is 5.84 Å². The van der Waals surface area contributed by atoms with Gasteiger partial charge in [0.1, 0.15) is 5.84 Å². The summed E-state index contributed by atoms with van der Waals surface area (Å²) in [6.45, 7) is -0.333. The Bertz CT molecular complexity index is 46.8. The van der Waals surface area contributed by atoms with Gasteiger partial charge in [0, 0.05) is 0 Å². The topological polar surface area (TPSA) is 70.1 Å². The summed E-state index contributed by atoms with van der Waals surface area (Å²) >= 11 is 0. The Morgan fingerprint density at radius 3 is 2.00 bits per heavy atom. The molecule has 0 unspecified atom stereocenters. The molecule has 0 amide bonds. The summed E-state index contributed by atoms with van der Waals surface area (Å²) in [5.41, 5.74) is 4.62.